The van der Waals surface area contributed by atoms with Crippen LogP contribution in [0.3, 0.4) is 0 Å². The normalized spacial score (nSPS) is 10.3. The van der Waals surface area contributed by atoms with Crippen LogP contribution in [0, 0.1) is 0 Å². The Balaban J connectivity index is 1.98. The molecule has 2 rings (SSSR count). The van der Waals surface area contributed by atoms with Gasteiger partial charge in [-0.25, -0.2) is 0 Å². The first-order valence-corrected chi connectivity index (χ1v) is 7.87. The molecule has 0 aromatic heterocycles. The molecule has 2 aromatic carbocycles. The molecule has 0 spiro atoms. The summed E-state index contributed by atoms with van der Waals surface area (Å²) in [5, 5.41) is 2.75. The molecule has 0 aliphatic heterocycles. The second kappa shape index (κ2) is 6.81. The van der Waals surface area contributed by atoms with Crippen LogP contribution in [-0.2, 0) is 10.5 Å². The summed E-state index contributed by atoms with van der Waals surface area (Å²) in [6.07, 6.45) is 0. The lowest BCUT2D eigenvalue weighted by atomic mass is 10.2. The van der Waals surface area contributed by atoms with Crippen molar-refractivity contribution >= 4 is 45.0 Å². The molecular formula is C15H15BrN2OS. The van der Waals surface area contributed by atoms with Gasteiger partial charge in [0.05, 0.1) is 0 Å². The van der Waals surface area contributed by atoms with Gasteiger partial charge in [-0.15, -0.1) is 11.8 Å². The minimum atomic E-state index is -0.0591. The molecule has 0 aliphatic carbocycles. The minimum Gasteiger partial charge on any atom is -0.399 e. The van der Waals surface area contributed by atoms with Crippen molar-refractivity contribution in [1.82, 2.24) is 0 Å². The Kier molecular flexibility index (Phi) is 5.09. The smallest absolute Gasteiger partial charge is 0.221 e. The van der Waals surface area contributed by atoms with Crippen LogP contribution in [0.2, 0.25) is 0 Å². The van der Waals surface area contributed by atoms with Crippen LogP contribution in [0.4, 0.5) is 11.4 Å². The molecule has 1 amide bonds. The topological polar surface area (TPSA) is 55.1 Å². The van der Waals surface area contributed by atoms with Gasteiger partial charge < -0.3 is 11.1 Å². The van der Waals surface area contributed by atoms with Crippen LogP contribution in [0.5, 0.6) is 0 Å². The summed E-state index contributed by atoms with van der Waals surface area (Å²) in [5.74, 6) is 0.802. The maximum absolute atomic E-state index is 10.9. The largest absolute Gasteiger partial charge is 0.399 e. The van der Waals surface area contributed by atoms with E-state index in [-0.39, 0.29) is 5.91 Å². The van der Waals surface area contributed by atoms with Crippen molar-refractivity contribution in [3.05, 3.63) is 52.5 Å². The Hall–Kier alpha value is -1.46. The summed E-state index contributed by atoms with van der Waals surface area (Å²) in [5.41, 5.74) is 8.49. The van der Waals surface area contributed by atoms with E-state index in [1.54, 1.807) is 11.8 Å². The van der Waals surface area contributed by atoms with Gasteiger partial charge in [-0.1, -0.05) is 22.0 Å². The quantitative estimate of drug-likeness (QED) is 0.639. The molecular weight excluding hydrogens is 336 g/mol. The molecule has 20 heavy (non-hydrogen) atoms. The standard InChI is InChI=1S/C15H15BrN2OS/c1-10(19)18-13-4-6-14(7-5-13)20-9-11-2-3-12(17)8-15(11)16/h2-8H,9,17H2,1H3,(H,18,19). The number of carbonyl (C=O) groups is 1. The summed E-state index contributed by atoms with van der Waals surface area (Å²) in [6, 6.07) is 13.7. The van der Waals surface area contributed by atoms with Crippen LogP contribution in [0.1, 0.15) is 12.5 Å². The van der Waals surface area contributed by atoms with Gasteiger partial charge in [-0.2, -0.15) is 0 Å². The van der Waals surface area contributed by atoms with E-state index in [4.69, 9.17) is 5.73 Å². The fraction of sp³-hybridized carbons (Fsp3) is 0.133. The van der Waals surface area contributed by atoms with E-state index in [2.05, 4.69) is 21.2 Å². The highest BCUT2D eigenvalue weighted by Gasteiger charge is 2.02. The zero-order chi connectivity index (χ0) is 14.5. The van der Waals surface area contributed by atoms with Gasteiger partial charge >= 0.3 is 0 Å². The first kappa shape index (κ1) is 14.9. The van der Waals surface area contributed by atoms with E-state index in [0.717, 1.165) is 26.5 Å². The lowest BCUT2D eigenvalue weighted by molar-refractivity contribution is -0.114. The van der Waals surface area contributed by atoms with Crippen molar-refractivity contribution in [2.24, 2.45) is 0 Å². The number of amides is 1. The summed E-state index contributed by atoms with van der Waals surface area (Å²) in [7, 11) is 0. The Bertz CT molecular complexity index is 614. The van der Waals surface area contributed by atoms with Gasteiger partial charge in [0, 0.05) is 33.4 Å². The van der Waals surface area contributed by atoms with Crippen molar-refractivity contribution < 1.29 is 4.79 Å². The van der Waals surface area contributed by atoms with E-state index in [9.17, 15) is 4.79 Å². The molecule has 0 bridgehead atoms. The second-order valence-corrected chi connectivity index (χ2v) is 6.25. The average molecular weight is 351 g/mol. The number of nitrogen functional groups attached to an aromatic ring is 1. The highest BCUT2D eigenvalue weighted by molar-refractivity contribution is 9.10. The summed E-state index contributed by atoms with van der Waals surface area (Å²) < 4.78 is 1.03. The number of nitrogens with two attached hydrogens (primary N) is 1. The van der Waals surface area contributed by atoms with Crippen LogP contribution < -0.4 is 11.1 Å². The molecule has 0 radical (unpaired) electrons. The second-order valence-electron chi connectivity index (χ2n) is 4.35. The van der Waals surface area contributed by atoms with Crippen molar-refractivity contribution in [3.8, 4) is 0 Å². The fourth-order valence-corrected chi connectivity index (χ4v) is 3.30. The minimum absolute atomic E-state index is 0.0591. The van der Waals surface area contributed by atoms with Crippen molar-refractivity contribution in [2.45, 2.75) is 17.6 Å². The van der Waals surface area contributed by atoms with E-state index >= 15 is 0 Å². The molecule has 0 atom stereocenters. The third-order valence-corrected chi connectivity index (χ3v) is 4.45. The molecule has 0 unspecified atom stereocenters. The first-order chi connectivity index (χ1) is 9.54. The van der Waals surface area contributed by atoms with Gasteiger partial charge in [0.15, 0.2) is 0 Å². The molecule has 0 aliphatic rings. The number of benzene rings is 2. The average Bonchev–Trinajstić information content (AvgIpc) is 2.39. The van der Waals surface area contributed by atoms with Crippen molar-refractivity contribution in [3.63, 3.8) is 0 Å². The van der Waals surface area contributed by atoms with E-state index in [1.165, 1.54) is 12.5 Å². The Morgan fingerprint density at radius 3 is 2.55 bits per heavy atom. The third-order valence-electron chi connectivity index (χ3n) is 2.65. The maximum Gasteiger partial charge on any atom is 0.221 e. The van der Waals surface area contributed by atoms with Gasteiger partial charge in [0.1, 0.15) is 0 Å². The number of rotatable bonds is 4. The van der Waals surface area contributed by atoms with Gasteiger partial charge in [0.25, 0.3) is 0 Å². The number of hydrogen-bond acceptors (Lipinski definition) is 3. The van der Waals surface area contributed by atoms with Gasteiger partial charge in [-0.3, -0.25) is 4.79 Å². The number of nitrogens with one attached hydrogen (secondary N) is 1. The lowest BCUT2D eigenvalue weighted by Gasteiger charge is -2.07. The van der Waals surface area contributed by atoms with E-state index in [1.807, 2.05) is 42.5 Å². The number of carbonyl (C=O) groups excluding carboxylic acids is 1. The fourth-order valence-electron chi connectivity index (χ4n) is 1.68. The van der Waals surface area contributed by atoms with Gasteiger partial charge in [0.2, 0.25) is 5.91 Å². The zero-order valence-corrected chi connectivity index (χ0v) is 13.4. The third kappa shape index (κ3) is 4.28. The Morgan fingerprint density at radius 1 is 1.25 bits per heavy atom. The molecule has 3 N–H and O–H groups in total. The van der Waals surface area contributed by atoms with E-state index < -0.39 is 0 Å². The number of thioether (sulfide) groups is 1. The molecule has 0 saturated heterocycles. The molecule has 0 heterocycles. The van der Waals surface area contributed by atoms with Crippen molar-refractivity contribution in [2.75, 3.05) is 11.1 Å². The summed E-state index contributed by atoms with van der Waals surface area (Å²) >= 11 is 5.26. The molecule has 0 saturated carbocycles. The highest BCUT2D eigenvalue weighted by atomic mass is 79.9. The molecule has 3 nitrogen and oxygen atoms in total. The maximum atomic E-state index is 10.9. The van der Waals surface area contributed by atoms with Crippen LogP contribution in [0.25, 0.3) is 0 Å². The number of halogens is 1. The van der Waals surface area contributed by atoms with Crippen molar-refractivity contribution in [1.29, 1.82) is 0 Å². The molecule has 2 aromatic rings. The Labute approximate surface area is 131 Å². The van der Waals surface area contributed by atoms with Crippen LogP contribution >= 0.6 is 27.7 Å². The Morgan fingerprint density at radius 2 is 1.95 bits per heavy atom. The SMILES string of the molecule is CC(=O)Nc1ccc(SCc2ccc(N)cc2Br)cc1. The molecule has 5 heteroatoms. The molecule has 104 valence electrons. The summed E-state index contributed by atoms with van der Waals surface area (Å²) in [4.78, 5) is 12.1. The van der Waals surface area contributed by atoms with Crippen LogP contribution in [-0.4, -0.2) is 5.91 Å². The summed E-state index contributed by atoms with van der Waals surface area (Å²) in [6.45, 7) is 1.50. The number of hydrogen-bond donors (Lipinski definition) is 2. The predicted molar refractivity (Wildman–Crippen MR) is 88.9 cm³/mol. The molecule has 0 fully saturated rings. The first-order valence-electron chi connectivity index (χ1n) is 6.09. The lowest BCUT2D eigenvalue weighted by Crippen LogP contribution is -2.05. The monoisotopic (exact) mass is 350 g/mol. The highest BCUT2D eigenvalue weighted by Crippen LogP contribution is 2.28. The van der Waals surface area contributed by atoms with Crippen LogP contribution in [0.15, 0.2) is 51.8 Å². The number of anilines is 2. The zero-order valence-electron chi connectivity index (χ0n) is 11.0. The van der Waals surface area contributed by atoms with E-state index in [0.29, 0.717) is 0 Å². The predicted octanol–water partition coefficient (Wildman–Crippen LogP) is 4.28. The van der Waals surface area contributed by atoms with Gasteiger partial charge in [-0.05, 0) is 42.0 Å².